The Morgan fingerprint density at radius 3 is 2.24 bits per heavy atom. The van der Waals surface area contributed by atoms with Gasteiger partial charge in [-0.05, 0) is 12.0 Å². The van der Waals surface area contributed by atoms with Crippen molar-refractivity contribution < 1.29 is 9.59 Å². The molecule has 0 aromatic heterocycles. The standard InChI is InChI=1S/C14H13NO2/c1-2-12(10-11-6-4-3-5-7-11)15-13(16)8-9-14(15)17/h2-9,12H,1,10H2/t12-/m1/s1. The molecule has 1 heterocycles. The highest BCUT2D eigenvalue weighted by Gasteiger charge is 2.29. The van der Waals surface area contributed by atoms with E-state index in [9.17, 15) is 9.59 Å². The molecular weight excluding hydrogens is 214 g/mol. The molecule has 1 aliphatic heterocycles. The minimum Gasteiger partial charge on any atom is -0.269 e. The van der Waals surface area contributed by atoms with Crippen molar-refractivity contribution in [2.75, 3.05) is 0 Å². The van der Waals surface area contributed by atoms with Gasteiger partial charge >= 0.3 is 0 Å². The number of carbonyl (C=O) groups excluding carboxylic acids is 2. The van der Waals surface area contributed by atoms with E-state index in [1.807, 2.05) is 30.3 Å². The van der Waals surface area contributed by atoms with Gasteiger partial charge in [-0.15, -0.1) is 6.58 Å². The Hall–Kier alpha value is -2.16. The first-order valence-electron chi connectivity index (χ1n) is 5.44. The molecule has 1 aromatic rings. The lowest BCUT2D eigenvalue weighted by molar-refractivity contribution is -0.138. The zero-order valence-corrected chi connectivity index (χ0v) is 9.37. The molecule has 3 nitrogen and oxygen atoms in total. The molecule has 0 fully saturated rings. The number of carbonyl (C=O) groups is 2. The second-order valence-electron chi connectivity index (χ2n) is 3.87. The molecule has 0 aliphatic carbocycles. The molecular formula is C14H13NO2. The maximum atomic E-state index is 11.5. The highest BCUT2D eigenvalue weighted by molar-refractivity contribution is 6.13. The first-order chi connectivity index (χ1) is 8.22. The molecule has 2 rings (SSSR count). The highest BCUT2D eigenvalue weighted by Crippen LogP contribution is 2.14. The van der Waals surface area contributed by atoms with Gasteiger partial charge < -0.3 is 0 Å². The quantitative estimate of drug-likeness (QED) is 0.580. The number of hydrogen-bond acceptors (Lipinski definition) is 2. The van der Waals surface area contributed by atoms with Crippen LogP contribution in [0.15, 0.2) is 55.1 Å². The molecule has 0 unspecified atom stereocenters. The van der Waals surface area contributed by atoms with Crippen LogP contribution in [0.3, 0.4) is 0 Å². The van der Waals surface area contributed by atoms with Crippen LogP contribution in [0.4, 0.5) is 0 Å². The van der Waals surface area contributed by atoms with Crippen LogP contribution in [0.2, 0.25) is 0 Å². The van der Waals surface area contributed by atoms with Gasteiger partial charge in [-0.2, -0.15) is 0 Å². The van der Waals surface area contributed by atoms with E-state index in [-0.39, 0.29) is 17.9 Å². The molecule has 0 saturated carbocycles. The Balaban J connectivity index is 2.15. The van der Waals surface area contributed by atoms with Gasteiger partial charge in [0.1, 0.15) is 0 Å². The molecule has 1 atom stereocenters. The number of nitrogens with zero attached hydrogens (tertiary/aromatic N) is 1. The van der Waals surface area contributed by atoms with Gasteiger partial charge in [0.05, 0.1) is 6.04 Å². The van der Waals surface area contributed by atoms with Crippen molar-refractivity contribution >= 4 is 11.8 Å². The normalized spacial score (nSPS) is 16.4. The Morgan fingerprint density at radius 1 is 1.12 bits per heavy atom. The van der Waals surface area contributed by atoms with E-state index in [4.69, 9.17) is 0 Å². The molecule has 0 saturated heterocycles. The summed E-state index contributed by atoms with van der Waals surface area (Å²) in [6.07, 6.45) is 4.83. The maximum absolute atomic E-state index is 11.5. The van der Waals surface area contributed by atoms with Crippen molar-refractivity contribution in [3.05, 3.63) is 60.7 Å². The van der Waals surface area contributed by atoms with Crippen LogP contribution >= 0.6 is 0 Å². The summed E-state index contributed by atoms with van der Waals surface area (Å²) in [5.74, 6) is -0.535. The third kappa shape index (κ3) is 2.33. The lowest BCUT2D eigenvalue weighted by atomic mass is 10.0. The lowest BCUT2D eigenvalue weighted by Crippen LogP contribution is -2.40. The number of hydrogen-bond donors (Lipinski definition) is 0. The summed E-state index contributed by atoms with van der Waals surface area (Å²) in [6, 6.07) is 9.44. The summed E-state index contributed by atoms with van der Waals surface area (Å²) in [5.41, 5.74) is 1.07. The first-order valence-corrected chi connectivity index (χ1v) is 5.44. The summed E-state index contributed by atoms with van der Waals surface area (Å²) in [7, 11) is 0. The van der Waals surface area contributed by atoms with Crippen molar-refractivity contribution in [3.8, 4) is 0 Å². The Kier molecular flexibility index (Phi) is 3.19. The fourth-order valence-corrected chi connectivity index (χ4v) is 1.87. The largest absolute Gasteiger partial charge is 0.269 e. The van der Waals surface area contributed by atoms with Crippen LogP contribution in [-0.2, 0) is 16.0 Å². The molecule has 0 N–H and O–H groups in total. The van der Waals surface area contributed by atoms with E-state index in [1.54, 1.807) is 6.08 Å². The molecule has 0 spiro atoms. The molecule has 1 aromatic carbocycles. The Labute approximate surface area is 100 Å². The van der Waals surface area contributed by atoms with Crippen LogP contribution in [0.25, 0.3) is 0 Å². The second-order valence-corrected chi connectivity index (χ2v) is 3.87. The number of imide groups is 1. The van der Waals surface area contributed by atoms with E-state index in [1.165, 1.54) is 17.1 Å². The van der Waals surface area contributed by atoms with Crippen LogP contribution in [-0.4, -0.2) is 22.8 Å². The average Bonchev–Trinajstić information content (AvgIpc) is 2.68. The Bertz CT molecular complexity index is 458. The van der Waals surface area contributed by atoms with Crippen molar-refractivity contribution in [2.24, 2.45) is 0 Å². The summed E-state index contributed by atoms with van der Waals surface area (Å²) in [6.45, 7) is 3.70. The Morgan fingerprint density at radius 2 is 1.71 bits per heavy atom. The highest BCUT2D eigenvalue weighted by atomic mass is 16.2. The van der Waals surface area contributed by atoms with Crippen LogP contribution < -0.4 is 0 Å². The molecule has 3 heteroatoms. The fraction of sp³-hybridized carbons (Fsp3) is 0.143. The van der Waals surface area contributed by atoms with Crippen molar-refractivity contribution in [3.63, 3.8) is 0 Å². The van der Waals surface area contributed by atoms with Gasteiger partial charge in [0.15, 0.2) is 0 Å². The van der Waals surface area contributed by atoms with Crippen LogP contribution in [0.1, 0.15) is 5.56 Å². The summed E-state index contributed by atoms with van der Waals surface area (Å²) in [5, 5.41) is 0. The van der Waals surface area contributed by atoms with E-state index in [0.717, 1.165) is 5.56 Å². The predicted molar refractivity (Wildman–Crippen MR) is 65.1 cm³/mol. The summed E-state index contributed by atoms with van der Waals surface area (Å²) >= 11 is 0. The maximum Gasteiger partial charge on any atom is 0.254 e. The average molecular weight is 227 g/mol. The third-order valence-electron chi connectivity index (χ3n) is 2.73. The molecule has 86 valence electrons. The zero-order valence-electron chi connectivity index (χ0n) is 9.37. The number of rotatable bonds is 4. The van der Waals surface area contributed by atoms with Crippen LogP contribution in [0.5, 0.6) is 0 Å². The van der Waals surface area contributed by atoms with Gasteiger partial charge in [-0.1, -0.05) is 36.4 Å². The minimum absolute atomic E-state index is 0.268. The van der Waals surface area contributed by atoms with Gasteiger partial charge in [-0.25, -0.2) is 0 Å². The topological polar surface area (TPSA) is 37.4 Å². The van der Waals surface area contributed by atoms with E-state index < -0.39 is 0 Å². The third-order valence-corrected chi connectivity index (χ3v) is 2.73. The lowest BCUT2D eigenvalue weighted by Gasteiger charge is -2.23. The predicted octanol–water partition coefficient (Wildman–Crippen LogP) is 1.71. The van der Waals surface area contributed by atoms with Crippen molar-refractivity contribution in [1.29, 1.82) is 0 Å². The molecule has 0 bridgehead atoms. The smallest absolute Gasteiger partial charge is 0.254 e. The zero-order chi connectivity index (χ0) is 12.3. The number of amides is 2. The molecule has 1 aliphatic rings. The second kappa shape index (κ2) is 4.78. The molecule has 0 radical (unpaired) electrons. The fourth-order valence-electron chi connectivity index (χ4n) is 1.87. The van der Waals surface area contributed by atoms with E-state index in [2.05, 4.69) is 6.58 Å². The van der Waals surface area contributed by atoms with Gasteiger partial charge in [0.2, 0.25) is 0 Å². The summed E-state index contributed by atoms with van der Waals surface area (Å²) < 4.78 is 0. The van der Waals surface area contributed by atoms with E-state index >= 15 is 0 Å². The minimum atomic E-state index is -0.285. The summed E-state index contributed by atoms with van der Waals surface area (Å²) in [4.78, 5) is 24.3. The SMILES string of the molecule is C=C[C@H](Cc1ccccc1)N1C(=O)C=CC1=O. The van der Waals surface area contributed by atoms with Gasteiger partial charge in [-0.3, -0.25) is 14.5 Å². The van der Waals surface area contributed by atoms with E-state index in [0.29, 0.717) is 6.42 Å². The van der Waals surface area contributed by atoms with Crippen LogP contribution in [0, 0.1) is 0 Å². The molecule has 17 heavy (non-hydrogen) atoms. The molecule has 2 amide bonds. The van der Waals surface area contributed by atoms with Crippen molar-refractivity contribution in [1.82, 2.24) is 4.90 Å². The van der Waals surface area contributed by atoms with Crippen molar-refractivity contribution in [2.45, 2.75) is 12.5 Å². The monoisotopic (exact) mass is 227 g/mol. The first kappa shape index (κ1) is 11.3. The van der Waals surface area contributed by atoms with Gasteiger partial charge in [0, 0.05) is 12.2 Å². The number of benzene rings is 1. The van der Waals surface area contributed by atoms with Gasteiger partial charge in [0.25, 0.3) is 11.8 Å².